The van der Waals surface area contributed by atoms with Crippen LogP contribution in [-0.2, 0) is 57.2 Å². The Morgan fingerprint density at radius 2 is 1.26 bits per heavy atom. The zero-order chi connectivity index (χ0) is 37.7. The van der Waals surface area contributed by atoms with E-state index in [-0.39, 0.29) is 17.6 Å². The summed E-state index contributed by atoms with van der Waals surface area (Å²) in [7, 11) is 0. The molecule has 1 saturated carbocycles. The summed E-state index contributed by atoms with van der Waals surface area (Å²) < 4.78 is 35.2. The van der Waals surface area contributed by atoms with E-state index in [1.807, 2.05) is 0 Å². The number of hydrogen-bond acceptors (Lipinski definition) is 13. The normalized spacial score (nSPS) is 31.4. The van der Waals surface area contributed by atoms with Crippen LogP contribution in [0.4, 0.5) is 0 Å². The molecule has 0 radical (unpaired) electrons. The molecule has 3 rings (SSSR count). The van der Waals surface area contributed by atoms with Gasteiger partial charge in [-0.25, -0.2) is 4.79 Å². The van der Waals surface area contributed by atoms with E-state index >= 15 is 0 Å². The van der Waals surface area contributed by atoms with E-state index < -0.39 is 101 Å². The average Bonchev–Trinajstić information content (AvgIpc) is 3.27. The van der Waals surface area contributed by atoms with Crippen molar-refractivity contribution in [2.24, 2.45) is 23.2 Å². The van der Waals surface area contributed by atoms with Crippen LogP contribution in [0.3, 0.4) is 0 Å². The minimum atomic E-state index is -2.05. The van der Waals surface area contributed by atoms with Crippen LogP contribution in [-0.4, -0.2) is 77.7 Å². The summed E-state index contributed by atoms with van der Waals surface area (Å²) in [5, 5.41) is 0. The van der Waals surface area contributed by atoms with Crippen LogP contribution in [0.1, 0.15) is 79.1 Å². The highest BCUT2D eigenvalue weighted by molar-refractivity contribution is 5.94. The maximum absolute atomic E-state index is 14.7. The van der Waals surface area contributed by atoms with Crippen molar-refractivity contribution in [3.8, 4) is 0 Å². The number of carbonyl (C=O) groups is 7. The fourth-order valence-electron chi connectivity index (χ4n) is 6.92. The highest BCUT2D eigenvalue weighted by atomic mass is 16.6. The summed E-state index contributed by atoms with van der Waals surface area (Å²) >= 11 is 0. The molecule has 1 aromatic rings. The predicted octanol–water partition coefficient (Wildman–Crippen LogP) is 4.25. The van der Waals surface area contributed by atoms with Gasteiger partial charge in [0.25, 0.3) is 0 Å². The van der Waals surface area contributed by atoms with Gasteiger partial charge in [-0.1, -0.05) is 64.6 Å². The SMILES string of the molecule is C=C1[C@H](OC(=O)c2ccccc2)[C@@H](OC(C)=O)[C@@H](OC(C)=O)C(C)(C)/C=C/[C@H](C)C(=O)[C@@]2(OC(C)=O)C[C@H](C)[C@H](OC(C)=O)[C@@H]2[C@H]1OC(C)=O. The number of rotatable bonds is 7. The fraction of sp³-hybridized carbons (Fsp3) is 0.541. The van der Waals surface area contributed by atoms with Crippen molar-refractivity contribution in [1.82, 2.24) is 0 Å². The van der Waals surface area contributed by atoms with Crippen LogP contribution in [0.2, 0.25) is 0 Å². The van der Waals surface area contributed by atoms with E-state index in [0.29, 0.717) is 0 Å². The molecule has 0 unspecified atom stereocenters. The first-order chi connectivity index (χ1) is 23.2. The molecule has 0 N–H and O–H groups in total. The Balaban J connectivity index is 2.50. The van der Waals surface area contributed by atoms with Crippen molar-refractivity contribution in [2.45, 2.75) is 105 Å². The maximum atomic E-state index is 14.7. The van der Waals surface area contributed by atoms with Gasteiger partial charge in [-0.2, -0.15) is 0 Å². The zero-order valence-electron chi connectivity index (χ0n) is 29.9. The first kappa shape index (κ1) is 39.6. The lowest BCUT2D eigenvalue weighted by Crippen LogP contribution is -2.59. The number of hydrogen-bond donors (Lipinski definition) is 0. The summed E-state index contributed by atoms with van der Waals surface area (Å²) in [5.41, 5.74) is -3.43. The minimum absolute atomic E-state index is 0.0887. The Labute approximate surface area is 291 Å². The molecule has 50 heavy (non-hydrogen) atoms. The quantitative estimate of drug-likeness (QED) is 0.225. The second-order valence-electron chi connectivity index (χ2n) is 13.5. The number of allylic oxidation sites excluding steroid dienone is 1. The van der Waals surface area contributed by atoms with Gasteiger partial charge in [0.1, 0.15) is 12.2 Å². The smallest absolute Gasteiger partial charge is 0.338 e. The number of carbonyl (C=O) groups excluding carboxylic acids is 7. The summed E-state index contributed by atoms with van der Waals surface area (Å²) in [6.07, 6.45) is -4.63. The van der Waals surface area contributed by atoms with Gasteiger partial charge in [0.2, 0.25) is 0 Å². The predicted molar refractivity (Wildman–Crippen MR) is 176 cm³/mol. The third-order valence-electron chi connectivity index (χ3n) is 8.87. The lowest BCUT2D eigenvalue weighted by molar-refractivity contribution is -0.190. The van der Waals surface area contributed by atoms with Gasteiger partial charge in [0, 0.05) is 57.9 Å². The van der Waals surface area contributed by atoms with Crippen molar-refractivity contribution in [1.29, 1.82) is 0 Å². The molecule has 2 aliphatic rings. The Kier molecular flexibility index (Phi) is 12.5. The molecule has 13 nitrogen and oxygen atoms in total. The zero-order valence-corrected chi connectivity index (χ0v) is 29.9. The van der Waals surface area contributed by atoms with Gasteiger partial charge in [0.15, 0.2) is 29.7 Å². The monoisotopic (exact) mass is 698 g/mol. The highest BCUT2D eigenvalue weighted by Gasteiger charge is 2.66. The summed E-state index contributed by atoms with van der Waals surface area (Å²) in [4.78, 5) is 92.0. The molecule has 13 heteroatoms. The molecular weight excluding hydrogens is 652 g/mol. The van der Waals surface area contributed by atoms with Crippen molar-refractivity contribution in [2.75, 3.05) is 0 Å². The van der Waals surface area contributed by atoms with Crippen molar-refractivity contribution >= 4 is 41.6 Å². The Hall–Kier alpha value is -4.81. The van der Waals surface area contributed by atoms with E-state index in [0.717, 1.165) is 34.6 Å². The van der Waals surface area contributed by atoms with Gasteiger partial charge in [-0.05, 0) is 18.1 Å². The minimum Gasteiger partial charge on any atom is -0.462 e. The number of esters is 6. The van der Waals surface area contributed by atoms with Gasteiger partial charge < -0.3 is 28.4 Å². The number of benzene rings is 1. The van der Waals surface area contributed by atoms with E-state index in [4.69, 9.17) is 28.4 Å². The number of fused-ring (bicyclic) bond motifs is 1. The number of ketones is 1. The molecule has 1 aromatic carbocycles. The van der Waals surface area contributed by atoms with E-state index in [1.165, 1.54) is 18.2 Å². The summed E-state index contributed by atoms with van der Waals surface area (Å²) in [6.45, 7) is 16.3. The van der Waals surface area contributed by atoms with Gasteiger partial charge in [0.05, 0.1) is 11.5 Å². The van der Waals surface area contributed by atoms with Gasteiger partial charge >= 0.3 is 35.8 Å². The fourth-order valence-corrected chi connectivity index (χ4v) is 6.92. The van der Waals surface area contributed by atoms with Crippen LogP contribution in [0.25, 0.3) is 0 Å². The topological polar surface area (TPSA) is 175 Å². The number of ether oxygens (including phenoxy) is 6. The lowest BCUT2D eigenvalue weighted by atomic mass is 9.72. The van der Waals surface area contributed by atoms with E-state index in [2.05, 4.69) is 6.58 Å². The molecule has 0 spiro atoms. The van der Waals surface area contributed by atoms with Crippen LogP contribution >= 0.6 is 0 Å². The van der Waals surface area contributed by atoms with Gasteiger partial charge in [-0.15, -0.1) is 0 Å². The molecule has 0 heterocycles. The molecule has 9 atom stereocenters. The van der Waals surface area contributed by atoms with Crippen molar-refractivity contribution in [3.63, 3.8) is 0 Å². The summed E-state index contributed by atoms with van der Waals surface area (Å²) in [6, 6.07) is 7.82. The van der Waals surface area contributed by atoms with Crippen LogP contribution in [0.15, 0.2) is 54.6 Å². The second-order valence-corrected chi connectivity index (χ2v) is 13.5. The largest absolute Gasteiger partial charge is 0.462 e. The molecule has 272 valence electrons. The molecule has 0 saturated heterocycles. The van der Waals surface area contributed by atoms with Crippen LogP contribution in [0.5, 0.6) is 0 Å². The molecule has 0 aromatic heterocycles. The van der Waals surface area contributed by atoms with E-state index in [1.54, 1.807) is 52.0 Å². The lowest BCUT2D eigenvalue weighted by Gasteiger charge is -2.44. The molecule has 0 aliphatic heterocycles. The highest BCUT2D eigenvalue weighted by Crippen LogP contribution is 2.51. The maximum Gasteiger partial charge on any atom is 0.338 e. The third kappa shape index (κ3) is 8.85. The first-order valence-electron chi connectivity index (χ1n) is 16.3. The molecule has 0 bridgehead atoms. The number of Topliss-reactive ketones (excluding diaryl/α,β-unsaturated/α-hetero) is 1. The molecule has 2 aliphatic carbocycles. The standard InChI is InChI=1S/C37H46O13/c1-19-16-17-36(9,10)34(48-25(7)41)32(47-24(6)40)31(49-35(44)27-14-12-11-13-15-27)21(3)30(46-23(5)39)28-29(45-22(4)38)20(2)18-37(28,33(19)43)50-26(8)42/h11-17,19-20,28-32,34H,3,18H2,1-2,4-10H3/b17-16+/t19-,20-,28+,29-,30-,31-,32+,34+,37+/m0/s1. The van der Waals surface area contributed by atoms with Crippen LogP contribution in [0, 0.1) is 23.2 Å². The van der Waals surface area contributed by atoms with Gasteiger partial charge in [-0.3, -0.25) is 28.8 Å². The van der Waals surface area contributed by atoms with Crippen LogP contribution < -0.4 is 0 Å². The molecular formula is C37H46O13. The second kappa shape index (κ2) is 15.8. The Bertz CT molecular complexity index is 1540. The first-order valence-corrected chi connectivity index (χ1v) is 16.3. The van der Waals surface area contributed by atoms with E-state index in [9.17, 15) is 33.6 Å². The van der Waals surface area contributed by atoms with Crippen molar-refractivity contribution in [3.05, 3.63) is 60.2 Å². The third-order valence-corrected chi connectivity index (χ3v) is 8.87. The average molecular weight is 699 g/mol. The summed E-state index contributed by atoms with van der Waals surface area (Å²) in [5.74, 6) is -8.62. The Morgan fingerprint density at radius 1 is 0.720 bits per heavy atom. The Morgan fingerprint density at radius 3 is 1.78 bits per heavy atom. The molecule has 0 amide bonds. The molecule has 1 fully saturated rings. The van der Waals surface area contributed by atoms with Crippen molar-refractivity contribution < 1.29 is 62.0 Å².